The monoisotopic (exact) mass is 288 g/mol. The molecule has 2 heterocycles. The van der Waals surface area contributed by atoms with E-state index in [9.17, 15) is 13.2 Å². The van der Waals surface area contributed by atoms with Crippen molar-refractivity contribution in [2.24, 2.45) is 11.8 Å². The smallest absolute Gasteiger partial charge is 0.367 e. The standard InChI is InChI=1S/C13H19F3N4/c1-8-3-10(17-4-9(8)2)5-19-12-7-18-11(6-20-12)13(14,15)16/h6-10,17H,3-5H2,1-2H3,(H,19,20)/t8-,9?,10-/m0/s1. The molecule has 0 aliphatic carbocycles. The maximum atomic E-state index is 12.3. The van der Waals surface area contributed by atoms with Crippen molar-refractivity contribution in [2.45, 2.75) is 32.5 Å². The van der Waals surface area contributed by atoms with E-state index in [0.29, 0.717) is 30.2 Å². The third-order valence-electron chi connectivity index (χ3n) is 3.83. The lowest BCUT2D eigenvalue weighted by atomic mass is 9.86. The Morgan fingerprint density at radius 2 is 2.00 bits per heavy atom. The molecule has 7 heteroatoms. The van der Waals surface area contributed by atoms with Gasteiger partial charge in [0.25, 0.3) is 0 Å². The lowest BCUT2D eigenvalue weighted by Crippen LogP contribution is -2.45. The minimum atomic E-state index is -4.44. The highest BCUT2D eigenvalue weighted by molar-refractivity contribution is 5.31. The highest BCUT2D eigenvalue weighted by Gasteiger charge is 2.32. The Morgan fingerprint density at radius 1 is 1.25 bits per heavy atom. The summed E-state index contributed by atoms with van der Waals surface area (Å²) in [6.07, 6.45) is -1.52. The van der Waals surface area contributed by atoms with E-state index in [1.54, 1.807) is 0 Å². The summed E-state index contributed by atoms with van der Waals surface area (Å²) in [6, 6.07) is 0.310. The van der Waals surface area contributed by atoms with Crippen molar-refractivity contribution in [2.75, 3.05) is 18.4 Å². The first-order chi connectivity index (χ1) is 9.36. The number of anilines is 1. The maximum Gasteiger partial charge on any atom is 0.434 e. The van der Waals surface area contributed by atoms with Crippen molar-refractivity contribution >= 4 is 5.82 Å². The summed E-state index contributed by atoms with van der Waals surface area (Å²) in [5, 5.41) is 6.44. The molecule has 3 atom stereocenters. The molecule has 1 aliphatic heterocycles. The fourth-order valence-corrected chi connectivity index (χ4v) is 2.27. The van der Waals surface area contributed by atoms with Crippen molar-refractivity contribution in [1.29, 1.82) is 0 Å². The van der Waals surface area contributed by atoms with E-state index >= 15 is 0 Å². The Morgan fingerprint density at radius 3 is 2.55 bits per heavy atom. The van der Waals surface area contributed by atoms with Crippen LogP contribution in [0.15, 0.2) is 12.4 Å². The number of hydrogen-bond donors (Lipinski definition) is 2. The van der Waals surface area contributed by atoms with Crippen LogP contribution >= 0.6 is 0 Å². The van der Waals surface area contributed by atoms with Gasteiger partial charge in [-0.05, 0) is 24.8 Å². The molecule has 0 saturated carbocycles. The average Bonchev–Trinajstić information content (AvgIpc) is 2.40. The fraction of sp³-hybridized carbons (Fsp3) is 0.692. The number of nitrogens with zero attached hydrogens (tertiary/aromatic N) is 2. The molecule has 1 fully saturated rings. The number of alkyl halides is 3. The second kappa shape index (κ2) is 5.95. The van der Waals surface area contributed by atoms with Gasteiger partial charge < -0.3 is 10.6 Å². The Balaban J connectivity index is 1.85. The predicted octanol–water partition coefficient (Wildman–Crippen LogP) is 2.54. The number of nitrogens with one attached hydrogen (secondary N) is 2. The fourth-order valence-electron chi connectivity index (χ4n) is 2.27. The molecule has 4 nitrogen and oxygen atoms in total. The molecule has 2 N–H and O–H groups in total. The van der Waals surface area contributed by atoms with Crippen molar-refractivity contribution in [3.05, 3.63) is 18.1 Å². The molecule has 2 rings (SSSR count). The summed E-state index contributed by atoms with van der Waals surface area (Å²) in [4.78, 5) is 7.11. The van der Waals surface area contributed by atoms with E-state index < -0.39 is 11.9 Å². The first-order valence-electron chi connectivity index (χ1n) is 6.72. The van der Waals surface area contributed by atoms with Crippen LogP contribution in [-0.2, 0) is 6.18 Å². The molecule has 0 aromatic carbocycles. The summed E-state index contributed by atoms with van der Waals surface area (Å²) < 4.78 is 37.0. The van der Waals surface area contributed by atoms with Crippen LogP contribution in [0, 0.1) is 11.8 Å². The summed E-state index contributed by atoms with van der Waals surface area (Å²) in [5.41, 5.74) is -0.971. The van der Waals surface area contributed by atoms with E-state index in [1.165, 1.54) is 0 Å². The van der Waals surface area contributed by atoms with Crippen molar-refractivity contribution < 1.29 is 13.2 Å². The van der Waals surface area contributed by atoms with Gasteiger partial charge in [0, 0.05) is 12.6 Å². The number of aromatic nitrogens is 2. The molecule has 112 valence electrons. The Kier molecular flexibility index (Phi) is 4.47. The molecule has 0 radical (unpaired) electrons. The molecule has 20 heavy (non-hydrogen) atoms. The molecule has 1 aliphatic rings. The lowest BCUT2D eigenvalue weighted by molar-refractivity contribution is -0.141. The number of halogens is 3. The molecule has 1 aromatic rings. The minimum absolute atomic E-state index is 0.310. The molecule has 1 aromatic heterocycles. The van der Waals surface area contributed by atoms with Crippen molar-refractivity contribution in [3.63, 3.8) is 0 Å². The molecular weight excluding hydrogens is 269 g/mol. The van der Waals surface area contributed by atoms with Gasteiger partial charge in [0.1, 0.15) is 5.82 Å². The van der Waals surface area contributed by atoms with Gasteiger partial charge in [-0.25, -0.2) is 9.97 Å². The third kappa shape index (κ3) is 3.82. The van der Waals surface area contributed by atoms with Gasteiger partial charge in [-0.15, -0.1) is 0 Å². The van der Waals surface area contributed by atoms with E-state index in [-0.39, 0.29) is 0 Å². The summed E-state index contributed by atoms with van der Waals surface area (Å²) in [5.74, 6) is 1.66. The van der Waals surface area contributed by atoms with Crippen LogP contribution in [-0.4, -0.2) is 29.1 Å². The van der Waals surface area contributed by atoms with Crippen LogP contribution in [0.4, 0.5) is 19.0 Å². The zero-order chi connectivity index (χ0) is 14.8. The van der Waals surface area contributed by atoms with Gasteiger partial charge >= 0.3 is 6.18 Å². The number of piperidine rings is 1. The second-order valence-electron chi connectivity index (χ2n) is 5.46. The molecule has 0 spiro atoms. The second-order valence-corrected chi connectivity index (χ2v) is 5.46. The van der Waals surface area contributed by atoms with Crippen LogP contribution in [0.1, 0.15) is 26.0 Å². The van der Waals surface area contributed by atoms with E-state index in [2.05, 4.69) is 34.4 Å². The van der Waals surface area contributed by atoms with Gasteiger partial charge in [0.2, 0.25) is 0 Å². The van der Waals surface area contributed by atoms with Gasteiger partial charge in [-0.3, -0.25) is 0 Å². The predicted molar refractivity (Wildman–Crippen MR) is 70.3 cm³/mol. The molecule has 0 bridgehead atoms. The first kappa shape index (κ1) is 15.0. The summed E-state index contributed by atoms with van der Waals surface area (Å²) in [7, 11) is 0. The molecule has 0 amide bonds. The van der Waals surface area contributed by atoms with Gasteiger partial charge in [-0.2, -0.15) is 13.2 Å². The van der Waals surface area contributed by atoms with Crippen LogP contribution in [0.25, 0.3) is 0 Å². The largest absolute Gasteiger partial charge is 0.434 e. The Hall–Kier alpha value is -1.37. The SMILES string of the molecule is CC1CN[C@H](CNc2cnc(C(F)(F)F)cn2)C[C@@H]1C. The molecule has 1 unspecified atom stereocenters. The maximum absolute atomic E-state index is 12.3. The van der Waals surface area contributed by atoms with Gasteiger partial charge in [0.15, 0.2) is 5.69 Å². The summed E-state index contributed by atoms with van der Waals surface area (Å²) in [6.45, 7) is 6.03. The summed E-state index contributed by atoms with van der Waals surface area (Å²) >= 11 is 0. The zero-order valence-corrected chi connectivity index (χ0v) is 11.5. The average molecular weight is 288 g/mol. The van der Waals surface area contributed by atoms with Crippen LogP contribution in [0.3, 0.4) is 0 Å². The van der Waals surface area contributed by atoms with Crippen molar-refractivity contribution in [1.82, 2.24) is 15.3 Å². The van der Waals surface area contributed by atoms with Crippen LogP contribution in [0.5, 0.6) is 0 Å². The Bertz CT molecular complexity index is 432. The zero-order valence-electron chi connectivity index (χ0n) is 11.5. The first-order valence-corrected chi connectivity index (χ1v) is 6.72. The number of rotatable bonds is 3. The third-order valence-corrected chi connectivity index (χ3v) is 3.83. The van der Waals surface area contributed by atoms with E-state index in [0.717, 1.165) is 25.4 Å². The minimum Gasteiger partial charge on any atom is -0.367 e. The highest BCUT2D eigenvalue weighted by Crippen LogP contribution is 2.27. The number of hydrogen-bond acceptors (Lipinski definition) is 4. The van der Waals surface area contributed by atoms with Crippen LogP contribution in [0.2, 0.25) is 0 Å². The topological polar surface area (TPSA) is 49.8 Å². The normalized spacial score (nSPS) is 27.4. The molecular formula is C13H19F3N4. The quantitative estimate of drug-likeness (QED) is 0.897. The van der Waals surface area contributed by atoms with Crippen molar-refractivity contribution in [3.8, 4) is 0 Å². The lowest BCUT2D eigenvalue weighted by Gasteiger charge is -2.33. The van der Waals surface area contributed by atoms with E-state index in [4.69, 9.17) is 0 Å². The van der Waals surface area contributed by atoms with Gasteiger partial charge in [0.05, 0.1) is 12.4 Å². The highest BCUT2D eigenvalue weighted by atomic mass is 19.4. The van der Waals surface area contributed by atoms with E-state index in [1.807, 2.05) is 0 Å². The van der Waals surface area contributed by atoms with Gasteiger partial charge in [-0.1, -0.05) is 13.8 Å². The molecule has 1 saturated heterocycles. The Labute approximate surface area is 116 Å². The van der Waals surface area contributed by atoms with Crippen LogP contribution < -0.4 is 10.6 Å².